The summed E-state index contributed by atoms with van der Waals surface area (Å²) in [6.07, 6.45) is 1.45. The lowest BCUT2D eigenvalue weighted by Gasteiger charge is -2.07. The number of benzene rings is 3. The number of hydrogen-bond acceptors (Lipinski definition) is 7. The Labute approximate surface area is 188 Å². The van der Waals surface area contributed by atoms with Crippen molar-refractivity contribution in [2.75, 3.05) is 0 Å². The molecule has 0 heterocycles. The molecule has 0 amide bonds. The number of fused-ring (bicyclic) bond motifs is 3. The molecule has 3 aromatic carbocycles. The molecule has 33 heavy (non-hydrogen) atoms. The van der Waals surface area contributed by atoms with E-state index in [-0.39, 0.29) is 32.8 Å². The van der Waals surface area contributed by atoms with Crippen molar-refractivity contribution in [2.45, 2.75) is 0 Å². The number of nitrogens with zero attached hydrogens (tertiary/aromatic N) is 3. The number of hydrogen-bond donors (Lipinski definition) is 1. The minimum Gasteiger partial charge on any atom is -0.478 e. The SMILES string of the molecule is O=C(O)c1cc([N+](=O)[O-])cc2c1-c1c(cc([N+](=O)[O-])cc1[N+](=O)[O-])/C2=C\c1ccccc1Cl. The Morgan fingerprint density at radius 3 is 1.97 bits per heavy atom. The smallest absolute Gasteiger partial charge is 0.336 e. The van der Waals surface area contributed by atoms with Gasteiger partial charge in [-0.3, -0.25) is 30.3 Å². The van der Waals surface area contributed by atoms with Gasteiger partial charge in [0.2, 0.25) is 0 Å². The van der Waals surface area contributed by atoms with Crippen LogP contribution in [0.4, 0.5) is 17.1 Å². The summed E-state index contributed by atoms with van der Waals surface area (Å²) in [5.74, 6) is -1.55. The highest BCUT2D eigenvalue weighted by molar-refractivity contribution is 6.32. The average molecular weight is 468 g/mol. The first kappa shape index (κ1) is 21.6. The van der Waals surface area contributed by atoms with E-state index in [0.717, 1.165) is 24.3 Å². The lowest BCUT2D eigenvalue weighted by Crippen LogP contribution is -2.03. The average Bonchev–Trinajstić information content (AvgIpc) is 3.07. The molecule has 0 radical (unpaired) electrons. The molecule has 4 rings (SSSR count). The molecule has 0 saturated carbocycles. The summed E-state index contributed by atoms with van der Waals surface area (Å²) >= 11 is 6.22. The van der Waals surface area contributed by atoms with Crippen LogP contribution in [0, 0.1) is 30.3 Å². The summed E-state index contributed by atoms with van der Waals surface area (Å²) in [6, 6.07) is 10.2. The summed E-state index contributed by atoms with van der Waals surface area (Å²) in [6.45, 7) is 0. The molecule has 0 unspecified atom stereocenters. The van der Waals surface area contributed by atoms with Gasteiger partial charge in [-0.15, -0.1) is 0 Å². The summed E-state index contributed by atoms with van der Waals surface area (Å²) in [5.41, 5.74) is -2.13. The number of nitro benzene ring substituents is 3. The molecule has 0 fully saturated rings. The van der Waals surface area contributed by atoms with Crippen LogP contribution in [0.15, 0.2) is 48.5 Å². The Bertz CT molecular complexity index is 1360. The molecule has 164 valence electrons. The monoisotopic (exact) mass is 467 g/mol. The number of nitro groups is 3. The van der Waals surface area contributed by atoms with Gasteiger partial charge < -0.3 is 5.11 Å². The highest BCUT2D eigenvalue weighted by atomic mass is 35.5. The number of carboxylic acids is 1. The molecule has 0 aromatic heterocycles. The largest absolute Gasteiger partial charge is 0.478 e. The van der Waals surface area contributed by atoms with Gasteiger partial charge >= 0.3 is 5.97 Å². The molecule has 1 aliphatic carbocycles. The molecule has 11 nitrogen and oxygen atoms in total. The second-order valence-corrected chi connectivity index (χ2v) is 7.37. The Morgan fingerprint density at radius 2 is 1.42 bits per heavy atom. The minimum atomic E-state index is -1.55. The lowest BCUT2D eigenvalue weighted by molar-refractivity contribution is -0.393. The Kier molecular flexibility index (Phi) is 5.10. The van der Waals surface area contributed by atoms with E-state index in [4.69, 9.17) is 11.6 Å². The van der Waals surface area contributed by atoms with E-state index in [2.05, 4.69) is 0 Å². The van der Waals surface area contributed by atoms with Gasteiger partial charge in [-0.25, -0.2) is 4.79 Å². The summed E-state index contributed by atoms with van der Waals surface area (Å²) in [4.78, 5) is 44.2. The fraction of sp³-hybridized carbons (Fsp3) is 0. The van der Waals surface area contributed by atoms with Crippen LogP contribution in [-0.4, -0.2) is 25.8 Å². The quantitative estimate of drug-likeness (QED) is 0.303. The Balaban J connectivity index is 2.21. The number of rotatable bonds is 5. The van der Waals surface area contributed by atoms with Gasteiger partial charge in [0.05, 0.1) is 32.0 Å². The van der Waals surface area contributed by atoms with Crippen molar-refractivity contribution in [2.24, 2.45) is 0 Å². The van der Waals surface area contributed by atoms with Gasteiger partial charge in [0.15, 0.2) is 0 Å². The van der Waals surface area contributed by atoms with Crippen LogP contribution >= 0.6 is 11.6 Å². The normalized spacial score (nSPS) is 12.8. The van der Waals surface area contributed by atoms with Crippen LogP contribution < -0.4 is 0 Å². The third kappa shape index (κ3) is 3.55. The molecule has 0 saturated heterocycles. The van der Waals surface area contributed by atoms with Crippen molar-refractivity contribution in [3.8, 4) is 11.1 Å². The van der Waals surface area contributed by atoms with E-state index in [1.165, 1.54) is 6.08 Å². The summed E-state index contributed by atoms with van der Waals surface area (Å²) in [5, 5.41) is 44.7. The summed E-state index contributed by atoms with van der Waals surface area (Å²) < 4.78 is 0. The number of aromatic carboxylic acids is 1. The second kappa shape index (κ2) is 7.80. The Hall–Kier alpha value is -4.64. The number of non-ortho nitro benzene ring substituents is 2. The fourth-order valence-electron chi connectivity index (χ4n) is 3.77. The van der Waals surface area contributed by atoms with Gasteiger partial charge in [0, 0.05) is 34.3 Å². The van der Waals surface area contributed by atoms with Crippen LogP contribution in [-0.2, 0) is 0 Å². The molecule has 1 N–H and O–H groups in total. The zero-order valence-corrected chi connectivity index (χ0v) is 17.0. The number of carbonyl (C=O) groups is 1. The number of halogens is 1. The van der Waals surface area contributed by atoms with E-state index in [0.29, 0.717) is 5.56 Å². The van der Waals surface area contributed by atoms with Crippen LogP contribution in [0.25, 0.3) is 22.8 Å². The maximum Gasteiger partial charge on any atom is 0.336 e. The molecule has 0 atom stereocenters. The van der Waals surface area contributed by atoms with Crippen molar-refractivity contribution in [3.05, 3.63) is 106 Å². The minimum absolute atomic E-state index is 0.00572. The highest BCUT2D eigenvalue weighted by Crippen LogP contribution is 2.53. The van der Waals surface area contributed by atoms with Gasteiger partial charge in [0.25, 0.3) is 17.1 Å². The first-order valence-electron chi connectivity index (χ1n) is 9.10. The molecular weight excluding hydrogens is 458 g/mol. The summed E-state index contributed by atoms with van der Waals surface area (Å²) in [7, 11) is 0. The number of carboxylic acid groups (broad SMARTS) is 1. The predicted octanol–water partition coefficient (Wildman–Crippen LogP) is 5.33. The first-order chi connectivity index (χ1) is 15.6. The maximum absolute atomic E-state index is 12.0. The molecular formula is C21H10ClN3O8. The van der Waals surface area contributed by atoms with Crippen LogP contribution in [0.3, 0.4) is 0 Å². The van der Waals surface area contributed by atoms with Gasteiger partial charge in [0.1, 0.15) is 0 Å². The zero-order valence-electron chi connectivity index (χ0n) is 16.2. The second-order valence-electron chi connectivity index (χ2n) is 6.96. The predicted molar refractivity (Wildman–Crippen MR) is 117 cm³/mol. The first-order valence-corrected chi connectivity index (χ1v) is 9.48. The standard InChI is InChI=1S/C21H10ClN3O8/c22-17-4-2-1-3-10(17)5-13-14-6-11(23(28)29)8-16(21(26)27)19(14)20-15(13)7-12(24(30)31)9-18(20)25(32)33/h1-9H,(H,26,27)/b13-5-. The van der Waals surface area contributed by atoms with Crippen molar-refractivity contribution in [1.82, 2.24) is 0 Å². The fourth-order valence-corrected chi connectivity index (χ4v) is 3.96. The Morgan fingerprint density at radius 1 is 0.848 bits per heavy atom. The van der Waals surface area contributed by atoms with Crippen LogP contribution in [0.5, 0.6) is 0 Å². The van der Waals surface area contributed by atoms with E-state index in [1.807, 2.05) is 0 Å². The van der Waals surface area contributed by atoms with Gasteiger partial charge in [-0.1, -0.05) is 29.8 Å². The third-order valence-corrected chi connectivity index (χ3v) is 5.45. The van der Waals surface area contributed by atoms with E-state index >= 15 is 0 Å². The molecule has 0 spiro atoms. The van der Waals surface area contributed by atoms with Crippen molar-refractivity contribution in [3.63, 3.8) is 0 Å². The van der Waals surface area contributed by atoms with E-state index in [9.17, 15) is 40.2 Å². The van der Waals surface area contributed by atoms with Crippen molar-refractivity contribution < 1.29 is 24.7 Å². The highest BCUT2D eigenvalue weighted by Gasteiger charge is 2.38. The van der Waals surface area contributed by atoms with Crippen LogP contribution in [0.2, 0.25) is 5.02 Å². The van der Waals surface area contributed by atoms with Crippen molar-refractivity contribution >= 4 is 46.3 Å². The molecule has 0 aliphatic heterocycles. The van der Waals surface area contributed by atoms with Crippen molar-refractivity contribution in [1.29, 1.82) is 0 Å². The maximum atomic E-state index is 12.0. The molecule has 0 bridgehead atoms. The van der Waals surface area contributed by atoms with E-state index < -0.39 is 43.4 Å². The molecule has 12 heteroatoms. The van der Waals surface area contributed by atoms with Crippen LogP contribution in [0.1, 0.15) is 27.0 Å². The van der Waals surface area contributed by atoms with Gasteiger partial charge in [-0.05, 0) is 28.8 Å². The molecule has 3 aromatic rings. The van der Waals surface area contributed by atoms with Gasteiger partial charge in [-0.2, -0.15) is 0 Å². The molecule has 1 aliphatic rings. The third-order valence-electron chi connectivity index (χ3n) is 5.11. The zero-order chi connectivity index (χ0) is 24.0. The topological polar surface area (TPSA) is 167 Å². The lowest BCUT2D eigenvalue weighted by atomic mass is 9.96. The van der Waals surface area contributed by atoms with E-state index in [1.54, 1.807) is 24.3 Å².